The number of aromatic carboxylic acids is 1. The average molecular weight is 216 g/mol. The van der Waals surface area contributed by atoms with Crippen LogP contribution in [0.2, 0.25) is 0 Å². The second-order valence-corrected chi connectivity index (χ2v) is 3.74. The van der Waals surface area contributed by atoms with E-state index in [-0.39, 0.29) is 0 Å². The topological polar surface area (TPSA) is 55.1 Å². The molecule has 4 heteroatoms. The number of carboxylic acid groups (broad SMARTS) is 1. The maximum atomic E-state index is 10.9. The Morgan fingerprint density at radius 1 is 1.44 bits per heavy atom. The van der Waals surface area contributed by atoms with Crippen molar-refractivity contribution in [2.45, 2.75) is 6.92 Å². The van der Waals surface area contributed by atoms with Crippen LogP contribution in [-0.4, -0.2) is 20.9 Å². The number of aromatic nitrogens is 2. The van der Waals surface area contributed by atoms with Crippen molar-refractivity contribution in [3.8, 4) is 11.1 Å². The van der Waals surface area contributed by atoms with E-state index in [1.807, 2.05) is 26.2 Å². The average Bonchev–Trinajstić information content (AvgIpc) is 2.65. The van der Waals surface area contributed by atoms with Gasteiger partial charge in [0.05, 0.1) is 11.8 Å². The van der Waals surface area contributed by atoms with E-state index >= 15 is 0 Å². The van der Waals surface area contributed by atoms with Gasteiger partial charge in [-0.25, -0.2) is 4.79 Å². The first-order chi connectivity index (χ1) is 7.58. The molecule has 82 valence electrons. The molecule has 0 aliphatic rings. The Hall–Kier alpha value is -2.10. The fourth-order valence-corrected chi connectivity index (χ4v) is 1.63. The molecule has 0 aliphatic heterocycles. The van der Waals surface area contributed by atoms with E-state index in [4.69, 9.17) is 5.11 Å². The Bertz CT molecular complexity index is 544. The van der Waals surface area contributed by atoms with Crippen LogP contribution in [0.1, 0.15) is 15.9 Å². The van der Waals surface area contributed by atoms with Crippen molar-refractivity contribution in [2.75, 3.05) is 0 Å². The standard InChI is InChI=1S/C12H12N2O2/c1-8-3-4-9(12(15)16)5-11(8)10-6-13-14(2)7-10/h3-7H,1-2H3,(H,15,16). The molecule has 1 heterocycles. The fourth-order valence-electron chi connectivity index (χ4n) is 1.63. The van der Waals surface area contributed by atoms with Gasteiger partial charge >= 0.3 is 5.97 Å². The number of carbonyl (C=O) groups is 1. The van der Waals surface area contributed by atoms with Crippen molar-refractivity contribution >= 4 is 5.97 Å². The van der Waals surface area contributed by atoms with Crippen LogP contribution >= 0.6 is 0 Å². The van der Waals surface area contributed by atoms with Crippen LogP contribution < -0.4 is 0 Å². The van der Waals surface area contributed by atoms with Crippen LogP contribution in [0.3, 0.4) is 0 Å². The molecule has 1 aromatic heterocycles. The third-order valence-electron chi connectivity index (χ3n) is 2.50. The zero-order valence-electron chi connectivity index (χ0n) is 9.14. The molecular weight excluding hydrogens is 204 g/mol. The normalized spacial score (nSPS) is 10.4. The number of hydrogen-bond donors (Lipinski definition) is 1. The molecule has 1 N–H and O–H groups in total. The van der Waals surface area contributed by atoms with Crippen LogP contribution in [0.5, 0.6) is 0 Å². The van der Waals surface area contributed by atoms with Crippen molar-refractivity contribution in [3.63, 3.8) is 0 Å². The molecule has 0 unspecified atom stereocenters. The number of hydrogen-bond acceptors (Lipinski definition) is 2. The molecule has 0 aliphatic carbocycles. The molecule has 0 atom stereocenters. The van der Waals surface area contributed by atoms with Crippen molar-refractivity contribution in [1.29, 1.82) is 0 Å². The van der Waals surface area contributed by atoms with Gasteiger partial charge in [-0.2, -0.15) is 5.10 Å². The van der Waals surface area contributed by atoms with Gasteiger partial charge in [-0.3, -0.25) is 4.68 Å². The molecule has 2 rings (SSSR count). The van der Waals surface area contributed by atoms with Gasteiger partial charge in [0.25, 0.3) is 0 Å². The highest BCUT2D eigenvalue weighted by Gasteiger charge is 2.08. The van der Waals surface area contributed by atoms with Crippen molar-refractivity contribution < 1.29 is 9.90 Å². The first kappa shape index (κ1) is 10.4. The van der Waals surface area contributed by atoms with E-state index in [0.717, 1.165) is 16.7 Å². The lowest BCUT2D eigenvalue weighted by Gasteiger charge is -2.04. The summed E-state index contributed by atoms with van der Waals surface area (Å²) in [7, 11) is 1.83. The van der Waals surface area contributed by atoms with E-state index in [2.05, 4.69) is 5.10 Å². The van der Waals surface area contributed by atoms with Gasteiger partial charge in [0.2, 0.25) is 0 Å². The molecule has 0 saturated carbocycles. The molecule has 0 spiro atoms. The van der Waals surface area contributed by atoms with Crippen LogP contribution in [0.25, 0.3) is 11.1 Å². The quantitative estimate of drug-likeness (QED) is 0.836. The Balaban J connectivity index is 2.55. The molecule has 0 amide bonds. The van der Waals surface area contributed by atoms with Crippen molar-refractivity contribution in [2.24, 2.45) is 7.05 Å². The van der Waals surface area contributed by atoms with Crippen LogP contribution in [0.4, 0.5) is 0 Å². The maximum absolute atomic E-state index is 10.9. The molecule has 0 fully saturated rings. The first-order valence-electron chi connectivity index (χ1n) is 4.91. The molecule has 0 bridgehead atoms. The molecule has 0 saturated heterocycles. The predicted molar refractivity (Wildman–Crippen MR) is 60.3 cm³/mol. The van der Waals surface area contributed by atoms with E-state index < -0.39 is 5.97 Å². The molecular formula is C12H12N2O2. The van der Waals surface area contributed by atoms with E-state index in [9.17, 15) is 4.79 Å². The number of carboxylic acids is 1. The summed E-state index contributed by atoms with van der Waals surface area (Å²) < 4.78 is 1.70. The van der Waals surface area contributed by atoms with E-state index in [0.29, 0.717) is 5.56 Å². The SMILES string of the molecule is Cc1ccc(C(=O)O)cc1-c1cnn(C)c1. The minimum Gasteiger partial charge on any atom is -0.478 e. The third-order valence-corrected chi connectivity index (χ3v) is 2.50. The highest BCUT2D eigenvalue weighted by molar-refractivity contribution is 5.89. The van der Waals surface area contributed by atoms with Crippen LogP contribution in [0, 0.1) is 6.92 Å². The maximum Gasteiger partial charge on any atom is 0.335 e. The lowest BCUT2D eigenvalue weighted by Crippen LogP contribution is -1.97. The Labute approximate surface area is 93.1 Å². The van der Waals surface area contributed by atoms with Gasteiger partial charge in [-0.15, -0.1) is 0 Å². The summed E-state index contributed by atoms with van der Waals surface area (Å²) in [6, 6.07) is 5.10. The Kier molecular flexibility index (Phi) is 2.48. The second kappa shape index (κ2) is 3.81. The van der Waals surface area contributed by atoms with Crippen LogP contribution in [0.15, 0.2) is 30.6 Å². The molecule has 0 radical (unpaired) electrons. The highest BCUT2D eigenvalue weighted by atomic mass is 16.4. The van der Waals surface area contributed by atoms with Gasteiger partial charge in [-0.1, -0.05) is 6.07 Å². The minimum atomic E-state index is -0.912. The summed E-state index contributed by atoms with van der Waals surface area (Å²) in [5, 5.41) is 13.0. The lowest BCUT2D eigenvalue weighted by molar-refractivity contribution is 0.0697. The van der Waals surface area contributed by atoms with E-state index in [1.54, 1.807) is 23.0 Å². The number of aryl methyl sites for hydroxylation is 2. The van der Waals surface area contributed by atoms with Crippen LogP contribution in [-0.2, 0) is 7.05 Å². The van der Waals surface area contributed by atoms with Gasteiger partial charge in [0, 0.05) is 18.8 Å². The molecule has 2 aromatic rings. The number of benzene rings is 1. The summed E-state index contributed by atoms with van der Waals surface area (Å²) in [6.45, 7) is 1.95. The minimum absolute atomic E-state index is 0.296. The largest absolute Gasteiger partial charge is 0.478 e. The zero-order chi connectivity index (χ0) is 11.7. The van der Waals surface area contributed by atoms with E-state index in [1.165, 1.54) is 0 Å². The summed E-state index contributed by atoms with van der Waals surface area (Å²) in [4.78, 5) is 10.9. The fraction of sp³-hybridized carbons (Fsp3) is 0.167. The summed E-state index contributed by atoms with van der Waals surface area (Å²) in [6.07, 6.45) is 3.60. The highest BCUT2D eigenvalue weighted by Crippen LogP contribution is 2.23. The van der Waals surface area contributed by atoms with Gasteiger partial charge in [0.1, 0.15) is 0 Å². The Morgan fingerprint density at radius 2 is 2.19 bits per heavy atom. The van der Waals surface area contributed by atoms with Gasteiger partial charge < -0.3 is 5.11 Å². The first-order valence-corrected chi connectivity index (χ1v) is 4.91. The molecule has 1 aromatic carbocycles. The second-order valence-electron chi connectivity index (χ2n) is 3.74. The van der Waals surface area contributed by atoms with Gasteiger partial charge in [-0.05, 0) is 30.2 Å². The number of nitrogens with zero attached hydrogens (tertiary/aromatic N) is 2. The zero-order valence-corrected chi connectivity index (χ0v) is 9.14. The monoisotopic (exact) mass is 216 g/mol. The summed E-state index contributed by atoms with van der Waals surface area (Å²) in [5.74, 6) is -0.912. The third kappa shape index (κ3) is 1.82. The molecule has 16 heavy (non-hydrogen) atoms. The Morgan fingerprint density at radius 3 is 2.75 bits per heavy atom. The smallest absolute Gasteiger partial charge is 0.335 e. The predicted octanol–water partition coefficient (Wildman–Crippen LogP) is 2.09. The summed E-state index contributed by atoms with van der Waals surface area (Å²) in [5.41, 5.74) is 3.18. The lowest BCUT2D eigenvalue weighted by atomic mass is 10.0. The number of rotatable bonds is 2. The van der Waals surface area contributed by atoms with Gasteiger partial charge in [0.15, 0.2) is 0 Å². The van der Waals surface area contributed by atoms with Crippen molar-refractivity contribution in [1.82, 2.24) is 9.78 Å². The van der Waals surface area contributed by atoms with Crippen molar-refractivity contribution in [3.05, 3.63) is 41.7 Å². The molecule has 4 nitrogen and oxygen atoms in total. The summed E-state index contributed by atoms with van der Waals surface area (Å²) >= 11 is 0.